The zero-order valence-electron chi connectivity index (χ0n) is 14.5. The van der Waals surface area contributed by atoms with Gasteiger partial charge in [-0.3, -0.25) is 4.90 Å². The van der Waals surface area contributed by atoms with Gasteiger partial charge in [0, 0.05) is 38.8 Å². The largest absolute Gasteiger partial charge is 0.383 e. The van der Waals surface area contributed by atoms with Crippen LogP contribution in [0.25, 0.3) is 0 Å². The number of hydrogen-bond donors (Lipinski definition) is 0. The van der Waals surface area contributed by atoms with Crippen molar-refractivity contribution in [1.82, 2.24) is 9.21 Å². The van der Waals surface area contributed by atoms with Crippen LogP contribution in [0.5, 0.6) is 0 Å². The summed E-state index contributed by atoms with van der Waals surface area (Å²) in [6.45, 7) is 8.75. The van der Waals surface area contributed by atoms with Gasteiger partial charge < -0.3 is 4.74 Å². The van der Waals surface area contributed by atoms with Gasteiger partial charge in [0.1, 0.15) is 0 Å². The van der Waals surface area contributed by atoms with Crippen molar-refractivity contribution in [2.24, 2.45) is 0 Å². The maximum Gasteiger partial charge on any atom is 0.243 e. The van der Waals surface area contributed by atoms with Crippen LogP contribution in [0.1, 0.15) is 26.3 Å². The van der Waals surface area contributed by atoms with Gasteiger partial charge in [-0.05, 0) is 38.0 Å². The van der Waals surface area contributed by atoms with Crippen molar-refractivity contribution in [1.29, 1.82) is 0 Å². The molecule has 130 valence electrons. The summed E-state index contributed by atoms with van der Waals surface area (Å²) >= 11 is 0. The molecule has 1 heterocycles. The van der Waals surface area contributed by atoms with E-state index in [9.17, 15) is 8.42 Å². The molecule has 1 aliphatic heterocycles. The molecule has 1 fully saturated rings. The molecule has 1 saturated heterocycles. The molecule has 0 amide bonds. The van der Waals surface area contributed by atoms with Crippen LogP contribution in [0.3, 0.4) is 0 Å². The number of nitrogens with zero attached hydrogens (tertiary/aromatic N) is 2. The van der Waals surface area contributed by atoms with E-state index in [1.165, 1.54) is 0 Å². The van der Waals surface area contributed by atoms with E-state index < -0.39 is 10.0 Å². The second-order valence-electron chi connectivity index (χ2n) is 6.25. The standard InChI is InChI=1S/C17H28N2O3S/c1-5-16-6-8-17(9-7-16)23(20,21)18-12-14(2)19(10-11-22-4)15(3)13-18/h6-9,14-15H,5,10-13H2,1-4H3. The Morgan fingerprint density at radius 2 is 1.70 bits per heavy atom. The second kappa shape index (κ2) is 7.75. The fourth-order valence-electron chi connectivity index (χ4n) is 3.19. The van der Waals surface area contributed by atoms with E-state index in [4.69, 9.17) is 4.74 Å². The Morgan fingerprint density at radius 3 is 2.17 bits per heavy atom. The van der Waals surface area contributed by atoms with Gasteiger partial charge in [0.2, 0.25) is 10.0 Å². The number of rotatable bonds is 6. The third-order valence-corrected chi connectivity index (χ3v) is 6.44. The van der Waals surface area contributed by atoms with Gasteiger partial charge in [0.15, 0.2) is 0 Å². The molecule has 2 rings (SSSR count). The van der Waals surface area contributed by atoms with Crippen molar-refractivity contribution < 1.29 is 13.2 Å². The molecule has 0 aliphatic carbocycles. The molecule has 0 saturated carbocycles. The number of benzene rings is 1. The molecule has 5 nitrogen and oxygen atoms in total. The van der Waals surface area contributed by atoms with Crippen LogP contribution in [0.15, 0.2) is 29.2 Å². The van der Waals surface area contributed by atoms with Crippen LogP contribution in [0.2, 0.25) is 0 Å². The quantitative estimate of drug-likeness (QED) is 0.794. The number of ether oxygens (including phenoxy) is 1. The second-order valence-corrected chi connectivity index (χ2v) is 8.19. The maximum absolute atomic E-state index is 12.9. The van der Waals surface area contributed by atoms with Crippen LogP contribution in [0.4, 0.5) is 0 Å². The van der Waals surface area contributed by atoms with Gasteiger partial charge in [0.25, 0.3) is 0 Å². The maximum atomic E-state index is 12.9. The average molecular weight is 340 g/mol. The fraction of sp³-hybridized carbons (Fsp3) is 0.647. The van der Waals surface area contributed by atoms with Crippen molar-refractivity contribution >= 4 is 10.0 Å². The van der Waals surface area contributed by atoms with Crippen LogP contribution in [0, 0.1) is 0 Å². The lowest BCUT2D eigenvalue weighted by Gasteiger charge is -2.43. The van der Waals surface area contributed by atoms with E-state index in [-0.39, 0.29) is 12.1 Å². The molecular formula is C17H28N2O3S. The van der Waals surface area contributed by atoms with Crippen molar-refractivity contribution in [3.63, 3.8) is 0 Å². The van der Waals surface area contributed by atoms with E-state index in [0.717, 1.165) is 18.5 Å². The third kappa shape index (κ3) is 4.12. The minimum atomic E-state index is -3.42. The minimum absolute atomic E-state index is 0.179. The van der Waals surface area contributed by atoms with E-state index in [2.05, 4.69) is 25.7 Å². The molecule has 2 atom stereocenters. The first kappa shape index (κ1) is 18.4. The Kier molecular flexibility index (Phi) is 6.19. The van der Waals surface area contributed by atoms with Gasteiger partial charge in [-0.25, -0.2) is 8.42 Å². The highest BCUT2D eigenvalue weighted by Crippen LogP contribution is 2.23. The number of sulfonamides is 1. The van der Waals surface area contributed by atoms with Gasteiger partial charge in [0.05, 0.1) is 11.5 Å². The first-order valence-corrected chi connectivity index (χ1v) is 9.68. The number of aryl methyl sites for hydroxylation is 1. The molecule has 23 heavy (non-hydrogen) atoms. The molecule has 1 aliphatic rings. The smallest absolute Gasteiger partial charge is 0.243 e. The zero-order chi connectivity index (χ0) is 17.0. The van der Waals surface area contributed by atoms with Crippen LogP contribution in [-0.4, -0.2) is 63.1 Å². The molecule has 2 unspecified atom stereocenters. The van der Waals surface area contributed by atoms with Crippen LogP contribution < -0.4 is 0 Å². The topological polar surface area (TPSA) is 49.9 Å². The Labute approximate surface area is 140 Å². The number of methoxy groups -OCH3 is 1. The molecule has 1 aromatic carbocycles. The summed E-state index contributed by atoms with van der Waals surface area (Å²) in [6, 6.07) is 7.60. The molecule has 6 heteroatoms. The Balaban J connectivity index is 2.14. The molecule has 0 spiro atoms. The highest BCUT2D eigenvalue weighted by atomic mass is 32.2. The fourth-order valence-corrected chi connectivity index (χ4v) is 4.79. The lowest BCUT2D eigenvalue weighted by Crippen LogP contribution is -2.58. The molecular weight excluding hydrogens is 312 g/mol. The molecule has 0 bridgehead atoms. The van der Waals surface area contributed by atoms with E-state index in [0.29, 0.717) is 24.6 Å². The monoisotopic (exact) mass is 340 g/mol. The van der Waals surface area contributed by atoms with Crippen molar-refractivity contribution in [2.75, 3.05) is 33.4 Å². The lowest BCUT2D eigenvalue weighted by molar-refractivity contribution is 0.0496. The third-order valence-electron chi connectivity index (χ3n) is 4.59. The summed E-state index contributed by atoms with van der Waals surface area (Å²) in [5.41, 5.74) is 1.15. The normalized spacial score (nSPS) is 24.0. The van der Waals surface area contributed by atoms with Gasteiger partial charge in [-0.1, -0.05) is 19.1 Å². The van der Waals surface area contributed by atoms with E-state index >= 15 is 0 Å². The van der Waals surface area contributed by atoms with Crippen LogP contribution in [-0.2, 0) is 21.2 Å². The minimum Gasteiger partial charge on any atom is -0.383 e. The Bertz CT molecular complexity index is 589. The van der Waals surface area contributed by atoms with Crippen LogP contribution >= 0.6 is 0 Å². The number of hydrogen-bond acceptors (Lipinski definition) is 4. The highest BCUT2D eigenvalue weighted by Gasteiger charge is 2.35. The molecule has 0 aromatic heterocycles. The average Bonchev–Trinajstić information content (AvgIpc) is 2.54. The first-order chi connectivity index (χ1) is 10.9. The summed E-state index contributed by atoms with van der Waals surface area (Å²) in [4.78, 5) is 2.70. The van der Waals surface area contributed by atoms with Gasteiger partial charge in [-0.2, -0.15) is 4.31 Å². The van der Waals surface area contributed by atoms with Crippen molar-refractivity contribution in [2.45, 2.75) is 44.2 Å². The van der Waals surface area contributed by atoms with E-state index in [1.54, 1.807) is 23.5 Å². The van der Waals surface area contributed by atoms with Crippen molar-refractivity contribution in [3.05, 3.63) is 29.8 Å². The number of piperazine rings is 1. The van der Waals surface area contributed by atoms with Gasteiger partial charge >= 0.3 is 0 Å². The summed E-state index contributed by atoms with van der Waals surface area (Å²) < 4.78 is 32.5. The Hall–Kier alpha value is -0.950. The predicted molar refractivity (Wildman–Crippen MR) is 92.1 cm³/mol. The predicted octanol–water partition coefficient (Wildman–Crippen LogP) is 1.98. The highest BCUT2D eigenvalue weighted by molar-refractivity contribution is 7.89. The summed E-state index contributed by atoms with van der Waals surface area (Å²) in [5, 5.41) is 0. The first-order valence-electron chi connectivity index (χ1n) is 8.24. The summed E-state index contributed by atoms with van der Waals surface area (Å²) in [7, 11) is -1.73. The summed E-state index contributed by atoms with van der Waals surface area (Å²) in [5.74, 6) is 0. The summed E-state index contributed by atoms with van der Waals surface area (Å²) in [6.07, 6.45) is 0.909. The van der Waals surface area contributed by atoms with Gasteiger partial charge in [-0.15, -0.1) is 0 Å². The molecule has 1 aromatic rings. The SMILES string of the molecule is CCc1ccc(S(=O)(=O)N2CC(C)N(CCOC)C(C)C2)cc1. The van der Waals surface area contributed by atoms with E-state index in [1.807, 2.05) is 12.1 Å². The van der Waals surface area contributed by atoms with Crippen molar-refractivity contribution in [3.8, 4) is 0 Å². The zero-order valence-corrected chi connectivity index (χ0v) is 15.3. The molecule has 0 radical (unpaired) electrons. The lowest BCUT2D eigenvalue weighted by atomic mass is 10.1. The Morgan fingerprint density at radius 1 is 1.13 bits per heavy atom. The molecule has 0 N–H and O–H groups in total.